The zero-order valence-electron chi connectivity index (χ0n) is 19.2. The summed E-state index contributed by atoms with van der Waals surface area (Å²) < 4.78 is 5.50. The lowest BCUT2D eigenvalue weighted by Crippen LogP contribution is -2.53. The number of piperidine rings is 1. The first kappa shape index (κ1) is 22.0. The fraction of sp³-hybridized carbons (Fsp3) is 0.179. The summed E-state index contributed by atoms with van der Waals surface area (Å²) in [6, 6.07) is 13.9. The quantitative estimate of drug-likeness (QED) is 0.349. The molecule has 1 aromatic carbocycles. The van der Waals surface area contributed by atoms with E-state index < -0.39 is 11.3 Å². The van der Waals surface area contributed by atoms with E-state index in [4.69, 9.17) is 9.83 Å². The summed E-state index contributed by atoms with van der Waals surface area (Å²) in [7, 11) is 1.65. The Morgan fingerprint density at radius 3 is 2.82 bits per heavy atom. The number of nitrogens with one attached hydrogen (secondary N) is 1. The van der Waals surface area contributed by atoms with Gasteiger partial charge >= 0.3 is 0 Å². The molecule has 1 aliphatic rings. The molecule has 0 saturated carbocycles. The van der Waals surface area contributed by atoms with Crippen molar-refractivity contribution in [1.29, 1.82) is 5.41 Å². The number of hydrogen-bond donors (Lipinski definition) is 1. The van der Waals surface area contributed by atoms with E-state index in [9.17, 15) is 4.79 Å². The molecule has 0 bridgehead atoms. The van der Waals surface area contributed by atoms with Crippen LogP contribution >= 0.6 is 11.3 Å². The maximum absolute atomic E-state index is 13.6. The van der Waals surface area contributed by atoms with Crippen LogP contribution in [-0.4, -0.2) is 28.7 Å². The number of carbonyl (C=O) groups is 1. The number of rotatable bonds is 5. The van der Waals surface area contributed by atoms with Crippen LogP contribution in [0.2, 0.25) is 0 Å². The first-order chi connectivity index (χ1) is 16.3. The molecule has 170 valence electrons. The van der Waals surface area contributed by atoms with Crippen LogP contribution in [0.3, 0.4) is 0 Å². The van der Waals surface area contributed by atoms with Crippen molar-refractivity contribution in [1.82, 2.24) is 9.88 Å². The molecule has 1 N–H and O–H groups in total. The Labute approximate surface area is 202 Å². The predicted molar refractivity (Wildman–Crippen MR) is 137 cm³/mol. The number of allylic oxidation sites excluding steroid dienone is 1. The number of hydrogen-bond acceptors (Lipinski definition) is 5. The number of nitrogens with zero attached hydrogens (tertiary/aromatic N) is 2. The number of amides is 1. The highest BCUT2D eigenvalue weighted by atomic mass is 32.1. The minimum atomic E-state index is -0.774. The monoisotopic (exact) mass is 467 g/mol. The van der Waals surface area contributed by atoms with Gasteiger partial charge in [0.1, 0.15) is 11.4 Å². The van der Waals surface area contributed by atoms with Crippen molar-refractivity contribution in [3.8, 4) is 11.3 Å². The van der Waals surface area contributed by atoms with E-state index in [1.54, 1.807) is 24.6 Å². The van der Waals surface area contributed by atoms with Gasteiger partial charge in [-0.2, -0.15) is 0 Å². The van der Waals surface area contributed by atoms with E-state index in [1.807, 2.05) is 49.5 Å². The molecular formula is C28H25N3O2S. The van der Waals surface area contributed by atoms with Gasteiger partial charge in [0.2, 0.25) is 5.91 Å². The standard InChI is InChI=1S/C28H25N3O2S/c1-5-6-18-7-9-22(30-15-18)21-14-24(34-16-21)28(3)17(2)26(29)31(4)27(32)25(28)20-8-10-23-19(13-20)11-12-33-23/h5,7-16,25,29H,1-2,6H2,3-4H3/t25-,28?/m1/s1. The molecule has 1 fully saturated rings. The molecule has 5 nitrogen and oxygen atoms in total. The molecule has 34 heavy (non-hydrogen) atoms. The predicted octanol–water partition coefficient (Wildman–Crippen LogP) is 6.33. The van der Waals surface area contributed by atoms with Crippen LogP contribution in [0.25, 0.3) is 22.2 Å². The Morgan fingerprint density at radius 1 is 1.26 bits per heavy atom. The molecule has 5 rings (SSSR count). The lowest BCUT2D eigenvalue weighted by atomic mass is 9.64. The Morgan fingerprint density at radius 2 is 2.09 bits per heavy atom. The van der Waals surface area contributed by atoms with Crippen LogP contribution in [-0.2, 0) is 16.6 Å². The molecule has 0 aliphatic carbocycles. The molecule has 3 aromatic heterocycles. The fourth-order valence-electron chi connectivity index (χ4n) is 4.73. The number of aromatic nitrogens is 1. The normalized spacial score (nSPS) is 20.8. The zero-order chi connectivity index (χ0) is 24.0. The summed E-state index contributed by atoms with van der Waals surface area (Å²) in [5, 5.41) is 11.6. The van der Waals surface area contributed by atoms with Gasteiger partial charge in [0.05, 0.1) is 17.9 Å². The number of carbonyl (C=O) groups excluding carboxylic acids is 1. The number of fused-ring (bicyclic) bond motifs is 1. The highest BCUT2D eigenvalue weighted by Gasteiger charge is 2.51. The van der Waals surface area contributed by atoms with E-state index >= 15 is 0 Å². The van der Waals surface area contributed by atoms with Gasteiger partial charge in [-0.15, -0.1) is 17.9 Å². The summed E-state index contributed by atoms with van der Waals surface area (Å²) in [6.07, 6.45) is 6.15. The van der Waals surface area contributed by atoms with Crippen molar-refractivity contribution >= 4 is 34.0 Å². The lowest BCUT2D eigenvalue weighted by molar-refractivity contribution is -0.130. The lowest BCUT2D eigenvalue weighted by Gasteiger charge is -2.45. The van der Waals surface area contributed by atoms with Crippen LogP contribution in [0.1, 0.15) is 28.8 Å². The molecule has 4 aromatic rings. The molecular weight excluding hydrogens is 442 g/mol. The van der Waals surface area contributed by atoms with Crippen LogP contribution in [0.15, 0.2) is 89.5 Å². The molecule has 1 aliphatic heterocycles. The number of amidine groups is 1. The molecule has 4 heterocycles. The van der Waals surface area contributed by atoms with E-state index in [2.05, 4.69) is 35.7 Å². The summed E-state index contributed by atoms with van der Waals surface area (Å²) in [6.45, 7) is 10.1. The topological polar surface area (TPSA) is 70.2 Å². The third-order valence-electron chi connectivity index (χ3n) is 6.82. The van der Waals surface area contributed by atoms with E-state index in [0.717, 1.165) is 44.7 Å². The minimum Gasteiger partial charge on any atom is -0.464 e. The van der Waals surface area contributed by atoms with Crippen molar-refractivity contribution in [3.05, 3.63) is 101 Å². The number of likely N-dealkylation sites (tertiary alicyclic amines) is 1. The van der Waals surface area contributed by atoms with Crippen molar-refractivity contribution in [2.45, 2.75) is 24.7 Å². The summed E-state index contributed by atoms with van der Waals surface area (Å²) in [5.41, 5.74) is 4.47. The first-order valence-corrected chi connectivity index (χ1v) is 11.9. The Hall–Kier alpha value is -3.77. The second-order valence-corrected chi connectivity index (χ2v) is 9.73. The maximum atomic E-state index is 13.6. The fourth-order valence-corrected chi connectivity index (χ4v) is 5.85. The third-order valence-corrected chi connectivity index (χ3v) is 7.99. The summed E-state index contributed by atoms with van der Waals surface area (Å²) in [4.78, 5) is 20.6. The SMILES string of the molecule is C=CCc1ccc(-c2csc(C3(C)C(=C)C(=N)N(C)C(=O)[C@H]3c3ccc4occc4c3)c2)nc1. The van der Waals surface area contributed by atoms with Crippen LogP contribution in [0.4, 0.5) is 0 Å². The van der Waals surface area contributed by atoms with Gasteiger partial charge in [-0.1, -0.05) is 24.8 Å². The number of pyridine rings is 1. The number of thiophene rings is 1. The number of likely N-dealkylation sites (N-methyl/N-ethyl adjacent to an activating group) is 1. The van der Waals surface area contributed by atoms with Gasteiger partial charge in [0.25, 0.3) is 0 Å². The average molecular weight is 468 g/mol. The Kier molecular flexibility index (Phi) is 5.33. The zero-order valence-corrected chi connectivity index (χ0v) is 20.0. The highest BCUT2D eigenvalue weighted by molar-refractivity contribution is 7.10. The molecule has 1 unspecified atom stereocenters. The van der Waals surface area contributed by atoms with E-state index in [-0.39, 0.29) is 11.7 Å². The van der Waals surface area contributed by atoms with Gasteiger partial charge in [-0.05, 0) is 60.4 Å². The van der Waals surface area contributed by atoms with Crippen LogP contribution in [0.5, 0.6) is 0 Å². The molecule has 0 radical (unpaired) electrons. The second-order valence-electron chi connectivity index (χ2n) is 8.82. The van der Waals surface area contributed by atoms with Gasteiger partial charge in [-0.3, -0.25) is 20.1 Å². The summed E-state index contributed by atoms with van der Waals surface area (Å²) in [5.74, 6) is -0.493. The Balaban J connectivity index is 1.61. The van der Waals surface area contributed by atoms with Crippen molar-refractivity contribution in [3.63, 3.8) is 0 Å². The smallest absolute Gasteiger partial charge is 0.236 e. The van der Waals surface area contributed by atoms with Gasteiger partial charge < -0.3 is 4.42 Å². The largest absolute Gasteiger partial charge is 0.464 e. The van der Waals surface area contributed by atoms with Gasteiger partial charge in [-0.25, -0.2) is 0 Å². The Bertz CT molecular complexity index is 1450. The molecule has 0 spiro atoms. The minimum absolute atomic E-state index is 0.121. The molecule has 2 atom stereocenters. The highest BCUT2D eigenvalue weighted by Crippen LogP contribution is 2.51. The number of benzene rings is 1. The van der Waals surface area contributed by atoms with Crippen molar-refractivity contribution in [2.24, 2.45) is 0 Å². The van der Waals surface area contributed by atoms with E-state index in [0.29, 0.717) is 5.57 Å². The van der Waals surface area contributed by atoms with Crippen molar-refractivity contribution in [2.75, 3.05) is 7.05 Å². The first-order valence-electron chi connectivity index (χ1n) is 11.0. The van der Waals surface area contributed by atoms with Gasteiger partial charge in [0.15, 0.2) is 0 Å². The average Bonchev–Trinajstić information content (AvgIpc) is 3.52. The van der Waals surface area contributed by atoms with Crippen LogP contribution in [0, 0.1) is 5.41 Å². The maximum Gasteiger partial charge on any atom is 0.236 e. The molecule has 6 heteroatoms. The molecule has 1 amide bonds. The summed E-state index contributed by atoms with van der Waals surface area (Å²) >= 11 is 1.57. The van der Waals surface area contributed by atoms with Crippen molar-refractivity contribution < 1.29 is 9.21 Å². The third kappa shape index (κ3) is 3.33. The molecule has 1 saturated heterocycles. The number of furan rings is 1. The van der Waals surface area contributed by atoms with Crippen LogP contribution < -0.4 is 0 Å². The van der Waals surface area contributed by atoms with E-state index in [1.165, 1.54) is 4.90 Å². The second kappa shape index (κ2) is 8.22. The van der Waals surface area contributed by atoms with Gasteiger partial charge in [0, 0.05) is 39.9 Å².